The van der Waals surface area contributed by atoms with Crippen LogP contribution in [0.1, 0.15) is 6.92 Å². The molecule has 0 aromatic carbocycles. The van der Waals surface area contributed by atoms with Crippen LogP contribution in [0.3, 0.4) is 0 Å². The van der Waals surface area contributed by atoms with Crippen molar-refractivity contribution < 1.29 is 13.2 Å². The van der Waals surface area contributed by atoms with E-state index in [2.05, 4.69) is 5.43 Å². The molecule has 3 N–H and O–H groups in total. The average Bonchev–Trinajstić information content (AvgIpc) is 2.20. The van der Waals surface area contributed by atoms with Gasteiger partial charge in [-0.05, 0) is 0 Å². The molecule has 1 heterocycles. The second-order valence-electron chi connectivity index (χ2n) is 3.86. The summed E-state index contributed by atoms with van der Waals surface area (Å²) >= 11 is 0. The Balaban J connectivity index is 2.39. The molecule has 1 amide bonds. The average molecular weight is 235 g/mol. The summed E-state index contributed by atoms with van der Waals surface area (Å²) in [5, 5.41) is 0. The minimum Gasteiger partial charge on any atom is -0.301 e. The first kappa shape index (κ1) is 12.4. The van der Waals surface area contributed by atoms with E-state index in [4.69, 9.17) is 5.84 Å². The van der Waals surface area contributed by atoms with E-state index in [0.717, 1.165) is 0 Å². The van der Waals surface area contributed by atoms with E-state index in [-0.39, 0.29) is 23.3 Å². The van der Waals surface area contributed by atoms with Crippen LogP contribution in [-0.2, 0) is 14.6 Å². The second-order valence-corrected chi connectivity index (χ2v) is 6.17. The molecule has 1 aliphatic rings. The van der Waals surface area contributed by atoms with Crippen LogP contribution in [0.4, 0.5) is 0 Å². The molecule has 1 unspecified atom stereocenters. The lowest BCUT2D eigenvalue weighted by atomic mass is 10.1. The van der Waals surface area contributed by atoms with Crippen molar-refractivity contribution in [2.45, 2.75) is 6.92 Å². The molecule has 0 aromatic rings. The molecule has 1 aliphatic heterocycles. The summed E-state index contributed by atoms with van der Waals surface area (Å²) in [6.45, 7) is 3.33. The predicted molar refractivity (Wildman–Crippen MR) is 56.6 cm³/mol. The Morgan fingerprint density at radius 2 is 2.00 bits per heavy atom. The van der Waals surface area contributed by atoms with Gasteiger partial charge < -0.3 is 4.90 Å². The van der Waals surface area contributed by atoms with E-state index in [9.17, 15) is 13.2 Å². The number of sulfone groups is 1. The largest absolute Gasteiger partial charge is 0.301 e. The summed E-state index contributed by atoms with van der Waals surface area (Å²) in [5.41, 5.74) is 2.09. The molecule has 0 aromatic heterocycles. The van der Waals surface area contributed by atoms with Crippen LogP contribution < -0.4 is 11.3 Å². The molecule has 1 fully saturated rings. The fraction of sp³-hybridized carbons (Fsp3) is 0.875. The molecule has 1 saturated heterocycles. The van der Waals surface area contributed by atoms with E-state index in [1.54, 1.807) is 6.92 Å². The Labute approximate surface area is 89.7 Å². The Kier molecular flexibility index (Phi) is 4.06. The monoisotopic (exact) mass is 235 g/mol. The van der Waals surface area contributed by atoms with Crippen molar-refractivity contribution in [3.63, 3.8) is 0 Å². The zero-order valence-corrected chi connectivity index (χ0v) is 9.59. The van der Waals surface area contributed by atoms with Crippen molar-refractivity contribution in [3.05, 3.63) is 0 Å². The number of hydrogen-bond acceptors (Lipinski definition) is 5. The molecular formula is C8H17N3O3S. The SMILES string of the molecule is CC(CN1CCS(=O)(=O)CC1)C(=O)NN. The lowest BCUT2D eigenvalue weighted by Gasteiger charge is -2.28. The molecule has 0 aliphatic carbocycles. The zero-order chi connectivity index (χ0) is 11.5. The number of rotatable bonds is 3. The van der Waals surface area contributed by atoms with E-state index in [1.807, 2.05) is 4.90 Å². The van der Waals surface area contributed by atoms with Crippen LogP contribution in [0.25, 0.3) is 0 Å². The standard InChI is InChI=1S/C8H17N3O3S/c1-7(8(12)10-9)6-11-2-4-15(13,14)5-3-11/h7H,2-6,9H2,1H3,(H,10,12). The van der Waals surface area contributed by atoms with Crippen LogP contribution in [0.15, 0.2) is 0 Å². The van der Waals surface area contributed by atoms with Gasteiger partial charge in [0.05, 0.1) is 11.5 Å². The summed E-state index contributed by atoms with van der Waals surface area (Å²) in [4.78, 5) is 13.1. The highest BCUT2D eigenvalue weighted by atomic mass is 32.2. The van der Waals surface area contributed by atoms with Gasteiger partial charge in [-0.2, -0.15) is 0 Å². The minimum absolute atomic E-state index is 0.184. The van der Waals surface area contributed by atoms with Gasteiger partial charge in [0.25, 0.3) is 0 Å². The molecule has 1 rings (SSSR count). The quantitative estimate of drug-likeness (QED) is 0.347. The van der Waals surface area contributed by atoms with Crippen molar-refractivity contribution in [1.29, 1.82) is 0 Å². The summed E-state index contributed by atoms with van der Waals surface area (Å²) < 4.78 is 22.3. The van der Waals surface area contributed by atoms with Gasteiger partial charge in [0.1, 0.15) is 0 Å². The van der Waals surface area contributed by atoms with Gasteiger partial charge in [0, 0.05) is 25.6 Å². The highest BCUT2D eigenvalue weighted by Gasteiger charge is 2.24. The molecule has 0 saturated carbocycles. The Morgan fingerprint density at radius 1 is 1.47 bits per heavy atom. The van der Waals surface area contributed by atoms with E-state index >= 15 is 0 Å². The molecular weight excluding hydrogens is 218 g/mol. The van der Waals surface area contributed by atoms with E-state index in [0.29, 0.717) is 19.6 Å². The molecule has 0 bridgehead atoms. The van der Waals surface area contributed by atoms with Gasteiger partial charge in [-0.25, -0.2) is 14.3 Å². The van der Waals surface area contributed by atoms with Crippen molar-refractivity contribution in [1.82, 2.24) is 10.3 Å². The third kappa shape index (κ3) is 3.77. The zero-order valence-electron chi connectivity index (χ0n) is 8.77. The van der Waals surface area contributed by atoms with Gasteiger partial charge in [-0.15, -0.1) is 0 Å². The van der Waals surface area contributed by atoms with Crippen LogP contribution in [0.2, 0.25) is 0 Å². The van der Waals surface area contributed by atoms with Crippen molar-refractivity contribution >= 4 is 15.7 Å². The summed E-state index contributed by atoms with van der Waals surface area (Å²) in [6, 6.07) is 0. The highest BCUT2D eigenvalue weighted by Crippen LogP contribution is 2.06. The van der Waals surface area contributed by atoms with Gasteiger partial charge in [0.2, 0.25) is 5.91 Å². The number of hydrogen-bond donors (Lipinski definition) is 2. The van der Waals surface area contributed by atoms with Gasteiger partial charge in [0.15, 0.2) is 9.84 Å². The molecule has 0 radical (unpaired) electrons. The first-order chi connectivity index (χ1) is 6.94. The van der Waals surface area contributed by atoms with Crippen molar-refractivity contribution in [2.75, 3.05) is 31.1 Å². The summed E-state index contributed by atoms with van der Waals surface area (Å²) in [7, 11) is -2.84. The molecule has 6 nitrogen and oxygen atoms in total. The van der Waals surface area contributed by atoms with Gasteiger partial charge in [-0.1, -0.05) is 6.92 Å². The maximum absolute atomic E-state index is 11.1. The van der Waals surface area contributed by atoms with Gasteiger partial charge in [-0.3, -0.25) is 10.2 Å². The lowest BCUT2D eigenvalue weighted by Crippen LogP contribution is -2.45. The number of nitrogens with zero attached hydrogens (tertiary/aromatic N) is 1. The first-order valence-corrected chi connectivity index (χ1v) is 6.70. The number of carbonyl (C=O) groups is 1. The van der Waals surface area contributed by atoms with Crippen LogP contribution in [0.5, 0.6) is 0 Å². The molecule has 1 atom stereocenters. The van der Waals surface area contributed by atoms with Crippen molar-refractivity contribution in [2.24, 2.45) is 11.8 Å². The molecule has 0 spiro atoms. The number of carbonyl (C=O) groups excluding carboxylic acids is 1. The number of nitrogens with two attached hydrogens (primary N) is 1. The normalized spacial score (nSPS) is 23.3. The maximum atomic E-state index is 11.1. The highest BCUT2D eigenvalue weighted by molar-refractivity contribution is 7.91. The van der Waals surface area contributed by atoms with Gasteiger partial charge >= 0.3 is 0 Å². The summed E-state index contributed by atoms with van der Waals surface area (Å²) in [6.07, 6.45) is 0. The third-order valence-corrected chi connectivity index (χ3v) is 4.17. The number of amides is 1. The third-order valence-electron chi connectivity index (χ3n) is 2.56. The van der Waals surface area contributed by atoms with Crippen molar-refractivity contribution in [3.8, 4) is 0 Å². The minimum atomic E-state index is -2.84. The Bertz CT molecular complexity index is 314. The Hall–Kier alpha value is -0.660. The fourth-order valence-corrected chi connectivity index (χ4v) is 2.82. The number of hydrazine groups is 1. The van der Waals surface area contributed by atoms with E-state index < -0.39 is 9.84 Å². The topological polar surface area (TPSA) is 92.5 Å². The maximum Gasteiger partial charge on any atom is 0.237 e. The molecule has 15 heavy (non-hydrogen) atoms. The smallest absolute Gasteiger partial charge is 0.237 e. The van der Waals surface area contributed by atoms with Crippen LogP contribution in [0, 0.1) is 5.92 Å². The lowest BCUT2D eigenvalue weighted by molar-refractivity contribution is -0.125. The molecule has 88 valence electrons. The second kappa shape index (κ2) is 4.91. The van der Waals surface area contributed by atoms with E-state index in [1.165, 1.54) is 0 Å². The number of nitrogens with one attached hydrogen (secondary N) is 1. The predicted octanol–water partition coefficient (Wildman–Crippen LogP) is -1.66. The summed E-state index contributed by atoms with van der Waals surface area (Å²) in [5.74, 6) is 4.94. The van der Waals surface area contributed by atoms with Crippen LogP contribution in [-0.4, -0.2) is 50.4 Å². The molecule has 7 heteroatoms. The Morgan fingerprint density at radius 3 is 2.47 bits per heavy atom. The fourth-order valence-electron chi connectivity index (χ4n) is 1.55. The first-order valence-electron chi connectivity index (χ1n) is 4.88. The van der Waals surface area contributed by atoms with Crippen LogP contribution >= 0.6 is 0 Å².